The second kappa shape index (κ2) is 5.28. The van der Waals surface area contributed by atoms with Gasteiger partial charge in [0, 0.05) is 23.0 Å². The molecule has 0 unspecified atom stereocenters. The Bertz CT molecular complexity index is 668. The summed E-state index contributed by atoms with van der Waals surface area (Å²) in [6, 6.07) is 12.1. The van der Waals surface area contributed by atoms with Crippen LogP contribution in [0.5, 0.6) is 0 Å². The molecular formula is C13H14BrNO2S. The first-order valence-corrected chi connectivity index (χ1v) is 8.40. The van der Waals surface area contributed by atoms with Crippen molar-refractivity contribution in [3.05, 3.63) is 40.9 Å². The van der Waals surface area contributed by atoms with Crippen LogP contribution in [0.4, 0.5) is 5.69 Å². The number of nitrogens with one attached hydrogen (secondary N) is 1. The average Bonchev–Trinajstić information content (AvgIpc) is 2.27. The summed E-state index contributed by atoms with van der Waals surface area (Å²) in [5.74, 6) is 0.144. The Labute approximate surface area is 115 Å². The molecule has 0 aliphatic heterocycles. The van der Waals surface area contributed by atoms with E-state index in [0.717, 1.165) is 20.9 Å². The van der Waals surface area contributed by atoms with E-state index in [1.54, 1.807) is 0 Å². The molecule has 0 saturated carbocycles. The fourth-order valence-corrected chi connectivity index (χ4v) is 2.56. The molecule has 0 atom stereocenters. The Hall–Kier alpha value is -1.07. The van der Waals surface area contributed by atoms with Gasteiger partial charge in [-0.3, -0.25) is 0 Å². The Morgan fingerprint density at radius 1 is 1.11 bits per heavy atom. The van der Waals surface area contributed by atoms with E-state index in [0.29, 0.717) is 6.54 Å². The maximum atomic E-state index is 11.0. The highest BCUT2D eigenvalue weighted by Gasteiger charge is 2.02. The molecule has 5 heteroatoms. The standard InChI is InChI=1S/C13H14BrNO2S/c1-18(16,17)7-6-15-13-5-3-10-8-12(14)4-2-11(10)9-13/h2-5,8-9,15H,6-7H2,1H3. The SMILES string of the molecule is CS(=O)(=O)CCNc1ccc2cc(Br)ccc2c1. The van der Waals surface area contributed by atoms with E-state index in [2.05, 4.69) is 27.3 Å². The van der Waals surface area contributed by atoms with Crippen molar-refractivity contribution in [1.82, 2.24) is 0 Å². The predicted molar refractivity (Wildman–Crippen MR) is 79.8 cm³/mol. The minimum atomic E-state index is -2.91. The minimum Gasteiger partial charge on any atom is -0.384 e. The van der Waals surface area contributed by atoms with Gasteiger partial charge in [0.05, 0.1) is 5.75 Å². The number of anilines is 1. The number of sulfone groups is 1. The highest BCUT2D eigenvalue weighted by molar-refractivity contribution is 9.10. The molecule has 0 aliphatic carbocycles. The number of halogens is 1. The van der Waals surface area contributed by atoms with Crippen LogP contribution in [-0.4, -0.2) is 27.0 Å². The maximum Gasteiger partial charge on any atom is 0.149 e. The van der Waals surface area contributed by atoms with Crippen LogP contribution < -0.4 is 5.32 Å². The molecule has 0 radical (unpaired) electrons. The zero-order valence-electron chi connectivity index (χ0n) is 9.98. The van der Waals surface area contributed by atoms with Crippen molar-refractivity contribution in [3.8, 4) is 0 Å². The van der Waals surface area contributed by atoms with Gasteiger partial charge in [-0.05, 0) is 35.0 Å². The lowest BCUT2D eigenvalue weighted by Crippen LogP contribution is -2.13. The molecule has 0 aliphatic rings. The van der Waals surface area contributed by atoms with Crippen LogP contribution >= 0.6 is 15.9 Å². The normalized spacial score (nSPS) is 11.7. The first kappa shape index (κ1) is 13.4. The summed E-state index contributed by atoms with van der Waals surface area (Å²) in [4.78, 5) is 0. The highest BCUT2D eigenvalue weighted by atomic mass is 79.9. The van der Waals surface area contributed by atoms with Crippen LogP contribution in [0, 0.1) is 0 Å². The largest absolute Gasteiger partial charge is 0.384 e. The number of hydrogen-bond donors (Lipinski definition) is 1. The number of rotatable bonds is 4. The lowest BCUT2D eigenvalue weighted by molar-refractivity contribution is 0.602. The zero-order chi connectivity index (χ0) is 13.2. The van der Waals surface area contributed by atoms with Crippen LogP contribution in [0.3, 0.4) is 0 Å². The van der Waals surface area contributed by atoms with Gasteiger partial charge in [-0.2, -0.15) is 0 Å². The monoisotopic (exact) mass is 327 g/mol. The molecular weight excluding hydrogens is 314 g/mol. The van der Waals surface area contributed by atoms with Crippen LogP contribution in [0.2, 0.25) is 0 Å². The first-order valence-electron chi connectivity index (χ1n) is 5.55. The Kier molecular flexibility index (Phi) is 3.92. The van der Waals surface area contributed by atoms with Gasteiger partial charge in [0.2, 0.25) is 0 Å². The molecule has 3 nitrogen and oxygen atoms in total. The van der Waals surface area contributed by atoms with Gasteiger partial charge in [-0.25, -0.2) is 8.42 Å². The van der Waals surface area contributed by atoms with E-state index in [1.165, 1.54) is 6.26 Å². The van der Waals surface area contributed by atoms with E-state index in [9.17, 15) is 8.42 Å². The lowest BCUT2D eigenvalue weighted by atomic mass is 10.1. The molecule has 1 N–H and O–H groups in total. The summed E-state index contributed by atoms with van der Waals surface area (Å²) in [5.41, 5.74) is 0.938. The molecule has 0 saturated heterocycles. The molecule has 2 aromatic rings. The summed E-state index contributed by atoms with van der Waals surface area (Å²) in [7, 11) is -2.91. The molecule has 18 heavy (non-hydrogen) atoms. The molecule has 2 rings (SSSR count). The number of fused-ring (bicyclic) bond motifs is 1. The van der Waals surface area contributed by atoms with E-state index < -0.39 is 9.84 Å². The summed E-state index contributed by atoms with van der Waals surface area (Å²) < 4.78 is 23.1. The van der Waals surface area contributed by atoms with Crippen LogP contribution in [-0.2, 0) is 9.84 Å². The second-order valence-corrected chi connectivity index (χ2v) is 7.44. The van der Waals surface area contributed by atoms with Crippen LogP contribution in [0.1, 0.15) is 0 Å². The van der Waals surface area contributed by atoms with Gasteiger partial charge in [-0.1, -0.05) is 28.1 Å². The molecule has 0 amide bonds. The Morgan fingerprint density at radius 2 is 1.78 bits per heavy atom. The summed E-state index contributed by atoms with van der Waals surface area (Å²) >= 11 is 3.43. The highest BCUT2D eigenvalue weighted by Crippen LogP contribution is 2.22. The second-order valence-electron chi connectivity index (χ2n) is 4.26. The Balaban J connectivity index is 2.13. The molecule has 0 bridgehead atoms. The van der Waals surface area contributed by atoms with Gasteiger partial charge < -0.3 is 5.32 Å². The van der Waals surface area contributed by atoms with E-state index in [1.807, 2.05) is 30.3 Å². The van der Waals surface area contributed by atoms with Crippen molar-refractivity contribution < 1.29 is 8.42 Å². The topological polar surface area (TPSA) is 46.2 Å². The van der Waals surface area contributed by atoms with Crippen molar-refractivity contribution in [2.24, 2.45) is 0 Å². The summed E-state index contributed by atoms with van der Waals surface area (Å²) in [6.07, 6.45) is 1.24. The molecule has 0 heterocycles. The van der Waals surface area contributed by atoms with Crippen molar-refractivity contribution in [1.29, 1.82) is 0 Å². The van der Waals surface area contributed by atoms with Crippen molar-refractivity contribution in [2.45, 2.75) is 0 Å². The maximum absolute atomic E-state index is 11.0. The van der Waals surface area contributed by atoms with Crippen molar-refractivity contribution in [3.63, 3.8) is 0 Å². The van der Waals surface area contributed by atoms with E-state index in [4.69, 9.17) is 0 Å². The first-order chi connectivity index (χ1) is 8.44. The molecule has 2 aromatic carbocycles. The van der Waals surface area contributed by atoms with E-state index in [-0.39, 0.29) is 5.75 Å². The zero-order valence-corrected chi connectivity index (χ0v) is 12.4. The number of hydrogen-bond acceptors (Lipinski definition) is 3. The molecule has 0 aromatic heterocycles. The molecule has 96 valence electrons. The third kappa shape index (κ3) is 3.71. The minimum absolute atomic E-state index is 0.144. The van der Waals surface area contributed by atoms with Gasteiger partial charge in [0.15, 0.2) is 0 Å². The van der Waals surface area contributed by atoms with Gasteiger partial charge >= 0.3 is 0 Å². The quantitative estimate of drug-likeness (QED) is 0.938. The van der Waals surface area contributed by atoms with Crippen LogP contribution in [0.15, 0.2) is 40.9 Å². The third-order valence-corrected chi connectivity index (χ3v) is 4.04. The van der Waals surface area contributed by atoms with Crippen molar-refractivity contribution >= 4 is 42.2 Å². The van der Waals surface area contributed by atoms with Gasteiger partial charge in [0.1, 0.15) is 9.84 Å². The third-order valence-electron chi connectivity index (χ3n) is 2.60. The smallest absolute Gasteiger partial charge is 0.149 e. The summed E-state index contributed by atoms with van der Waals surface area (Å²) in [5, 5.41) is 5.40. The van der Waals surface area contributed by atoms with Gasteiger partial charge in [-0.15, -0.1) is 0 Å². The molecule has 0 spiro atoms. The average molecular weight is 328 g/mol. The van der Waals surface area contributed by atoms with E-state index >= 15 is 0 Å². The predicted octanol–water partition coefficient (Wildman–Crippen LogP) is 3.06. The fourth-order valence-electron chi connectivity index (χ4n) is 1.71. The lowest BCUT2D eigenvalue weighted by Gasteiger charge is -2.07. The van der Waals surface area contributed by atoms with Crippen molar-refractivity contribution in [2.75, 3.05) is 23.9 Å². The van der Waals surface area contributed by atoms with Gasteiger partial charge in [0.25, 0.3) is 0 Å². The molecule has 0 fully saturated rings. The fraction of sp³-hybridized carbons (Fsp3) is 0.231. The van der Waals surface area contributed by atoms with Crippen LogP contribution in [0.25, 0.3) is 10.8 Å². The number of benzene rings is 2. The summed E-state index contributed by atoms with van der Waals surface area (Å²) in [6.45, 7) is 0.431. The Morgan fingerprint density at radius 3 is 2.50 bits per heavy atom.